The minimum atomic E-state index is -1.72. The van der Waals surface area contributed by atoms with Gasteiger partial charge in [0.25, 0.3) is 0 Å². The number of benzene rings is 1. The lowest BCUT2D eigenvalue weighted by Gasteiger charge is -2.32. The molecule has 132 valence electrons. The highest BCUT2D eigenvalue weighted by atomic mass is 16.6. The first-order chi connectivity index (χ1) is 11.2. The van der Waals surface area contributed by atoms with Gasteiger partial charge in [-0.05, 0) is 39.2 Å². The predicted molar refractivity (Wildman–Crippen MR) is 89.1 cm³/mol. The van der Waals surface area contributed by atoms with Crippen LogP contribution in [0.1, 0.15) is 52.0 Å². The molecular weight excluding hydrogens is 308 g/mol. The van der Waals surface area contributed by atoms with Gasteiger partial charge in [0.1, 0.15) is 5.60 Å². The molecule has 1 N–H and O–H groups in total. The van der Waals surface area contributed by atoms with E-state index in [2.05, 4.69) is 0 Å². The van der Waals surface area contributed by atoms with Crippen molar-refractivity contribution in [1.29, 1.82) is 0 Å². The third-order valence-corrected chi connectivity index (χ3v) is 4.21. The quantitative estimate of drug-likeness (QED) is 0.838. The smallest absolute Gasteiger partial charge is 0.344 e. The second-order valence-corrected chi connectivity index (χ2v) is 7.28. The van der Waals surface area contributed by atoms with Crippen LogP contribution in [0.4, 0.5) is 0 Å². The average Bonchev–Trinajstić information content (AvgIpc) is 3.06. The Bertz CT molecular complexity index is 569. The van der Waals surface area contributed by atoms with Crippen molar-refractivity contribution < 1.29 is 24.2 Å². The minimum Gasteiger partial charge on any atom is -0.457 e. The molecule has 1 saturated carbocycles. The Morgan fingerprint density at radius 2 is 1.71 bits per heavy atom. The van der Waals surface area contributed by atoms with E-state index >= 15 is 0 Å². The van der Waals surface area contributed by atoms with Crippen LogP contribution in [-0.2, 0) is 24.7 Å². The van der Waals surface area contributed by atoms with E-state index in [1.165, 1.54) is 0 Å². The number of carbonyl (C=O) groups excluding carboxylic acids is 2. The zero-order valence-corrected chi connectivity index (χ0v) is 14.6. The molecule has 0 radical (unpaired) electrons. The summed E-state index contributed by atoms with van der Waals surface area (Å²) in [6, 6.07) is 8.80. The van der Waals surface area contributed by atoms with Crippen LogP contribution in [0, 0.1) is 5.92 Å². The van der Waals surface area contributed by atoms with Crippen LogP contribution in [0.2, 0.25) is 0 Å². The fourth-order valence-corrected chi connectivity index (χ4v) is 3.16. The van der Waals surface area contributed by atoms with E-state index in [0.29, 0.717) is 5.56 Å². The molecule has 0 saturated heterocycles. The second kappa shape index (κ2) is 7.34. The Labute approximate surface area is 143 Å². The van der Waals surface area contributed by atoms with Gasteiger partial charge in [0, 0.05) is 5.92 Å². The van der Waals surface area contributed by atoms with Gasteiger partial charge in [-0.15, -0.1) is 0 Å². The van der Waals surface area contributed by atoms with E-state index < -0.39 is 29.7 Å². The molecule has 1 unspecified atom stereocenters. The SMILES string of the molecule is CC(C)(C)OC(=O)COC(=O)C(O)(c1ccccc1)C1CCCC1. The number of hydrogen-bond acceptors (Lipinski definition) is 5. The molecule has 1 fully saturated rings. The van der Waals surface area contributed by atoms with Crippen molar-refractivity contribution in [1.82, 2.24) is 0 Å². The summed E-state index contributed by atoms with van der Waals surface area (Å²) in [5.74, 6) is -1.62. The fraction of sp³-hybridized carbons (Fsp3) is 0.579. The van der Waals surface area contributed by atoms with Gasteiger partial charge in [-0.1, -0.05) is 43.2 Å². The highest BCUT2D eigenvalue weighted by Crippen LogP contribution is 2.41. The van der Waals surface area contributed by atoms with Crippen molar-refractivity contribution in [3.05, 3.63) is 35.9 Å². The first kappa shape index (κ1) is 18.5. The molecule has 1 aromatic carbocycles. The zero-order valence-electron chi connectivity index (χ0n) is 14.6. The lowest BCUT2D eigenvalue weighted by Crippen LogP contribution is -2.44. The number of carbonyl (C=O) groups is 2. The van der Waals surface area contributed by atoms with Gasteiger partial charge >= 0.3 is 11.9 Å². The summed E-state index contributed by atoms with van der Waals surface area (Å²) in [7, 11) is 0. The Balaban J connectivity index is 2.13. The number of ether oxygens (including phenoxy) is 2. The summed E-state index contributed by atoms with van der Waals surface area (Å²) in [5.41, 5.74) is -1.86. The van der Waals surface area contributed by atoms with E-state index in [9.17, 15) is 14.7 Å². The Kier molecular flexibility index (Phi) is 5.65. The standard InChI is InChI=1S/C19H26O5/c1-18(2,3)24-16(20)13-23-17(21)19(22,15-11-7-8-12-15)14-9-5-4-6-10-14/h4-6,9-10,15,22H,7-8,11-13H2,1-3H3. The third-order valence-electron chi connectivity index (χ3n) is 4.21. The maximum atomic E-state index is 12.6. The van der Waals surface area contributed by atoms with Gasteiger partial charge < -0.3 is 14.6 Å². The summed E-state index contributed by atoms with van der Waals surface area (Å²) < 4.78 is 10.3. The fourth-order valence-electron chi connectivity index (χ4n) is 3.16. The van der Waals surface area contributed by atoms with Crippen molar-refractivity contribution in [3.63, 3.8) is 0 Å². The van der Waals surface area contributed by atoms with E-state index in [4.69, 9.17) is 9.47 Å². The molecule has 5 heteroatoms. The Morgan fingerprint density at radius 1 is 1.12 bits per heavy atom. The molecule has 2 rings (SSSR count). The molecule has 24 heavy (non-hydrogen) atoms. The minimum absolute atomic E-state index is 0.203. The largest absolute Gasteiger partial charge is 0.457 e. The van der Waals surface area contributed by atoms with Crippen LogP contribution >= 0.6 is 0 Å². The van der Waals surface area contributed by atoms with E-state index in [1.807, 2.05) is 6.07 Å². The van der Waals surface area contributed by atoms with Crippen molar-refractivity contribution in [2.75, 3.05) is 6.61 Å². The molecule has 0 bridgehead atoms. The third kappa shape index (κ3) is 4.35. The molecule has 1 atom stereocenters. The van der Waals surface area contributed by atoms with Crippen LogP contribution in [0.3, 0.4) is 0 Å². The predicted octanol–water partition coefficient (Wildman–Crippen LogP) is 2.95. The Morgan fingerprint density at radius 3 is 2.25 bits per heavy atom. The zero-order chi connectivity index (χ0) is 17.8. The first-order valence-electron chi connectivity index (χ1n) is 8.40. The van der Waals surface area contributed by atoms with Crippen molar-refractivity contribution in [2.45, 2.75) is 57.7 Å². The molecule has 0 aliphatic heterocycles. The first-order valence-corrected chi connectivity index (χ1v) is 8.40. The van der Waals surface area contributed by atoms with Crippen LogP contribution in [0.15, 0.2) is 30.3 Å². The molecule has 0 aromatic heterocycles. The van der Waals surface area contributed by atoms with Gasteiger partial charge in [-0.2, -0.15) is 0 Å². The van der Waals surface area contributed by atoms with E-state index in [-0.39, 0.29) is 5.92 Å². The monoisotopic (exact) mass is 334 g/mol. The molecule has 0 amide bonds. The van der Waals surface area contributed by atoms with Crippen LogP contribution in [0.25, 0.3) is 0 Å². The van der Waals surface area contributed by atoms with Crippen LogP contribution < -0.4 is 0 Å². The summed E-state index contributed by atoms with van der Waals surface area (Å²) >= 11 is 0. The molecule has 1 aliphatic carbocycles. The van der Waals surface area contributed by atoms with Crippen molar-refractivity contribution in [3.8, 4) is 0 Å². The average molecular weight is 334 g/mol. The summed E-state index contributed by atoms with van der Waals surface area (Å²) in [6.07, 6.45) is 3.46. The topological polar surface area (TPSA) is 72.8 Å². The second-order valence-electron chi connectivity index (χ2n) is 7.28. The normalized spacial score (nSPS) is 18.0. The summed E-state index contributed by atoms with van der Waals surface area (Å²) in [4.78, 5) is 24.4. The maximum absolute atomic E-state index is 12.6. The molecule has 0 heterocycles. The number of hydrogen-bond donors (Lipinski definition) is 1. The van der Waals surface area contributed by atoms with Gasteiger partial charge in [-0.3, -0.25) is 0 Å². The van der Waals surface area contributed by atoms with E-state index in [0.717, 1.165) is 25.7 Å². The van der Waals surface area contributed by atoms with Crippen LogP contribution in [-0.4, -0.2) is 29.3 Å². The van der Waals surface area contributed by atoms with Gasteiger partial charge in [0.15, 0.2) is 12.2 Å². The molecule has 5 nitrogen and oxygen atoms in total. The van der Waals surface area contributed by atoms with Crippen molar-refractivity contribution >= 4 is 11.9 Å². The van der Waals surface area contributed by atoms with Crippen LogP contribution in [0.5, 0.6) is 0 Å². The van der Waals surface area contributed by atoms with E-state index in [1.54, 1.807) is 45.0 Å². The maximum Gasteiger partial charge on any atom is 0.344 e. The molecular formula is C19H26O5. The van der Waals surface area contributed by atoms with Crippen molar-refractivity contribution in [2.24, 2.45) is 5.92 Å². The van der Waals surface area contributed by atoms with Gasteiger partial charge in [0.05, 0.1) is 0 Å². The van der Waals surface area contributed by atoms with Gasteiger partial charge in [0.2, 0.25) is 0 Å². The lowest BCUT2D eigenvalue weighted by atomic mass is 9.80. The molecule has 1 aromatic rings. The summed E-state index contributed by atoms with van der Waals surface area (Å²) in [5, 5.41) is 11.2. The lowest BCUT2D eigenvalue weighted by molar-refractivity contribution is -0.182. The van der Waals surface area contributed by atoms with Gasteiger partial charge in [-0.25, -0.2) is 9.59 Å². The number of aliphatic hydroxyl groups is 1. The number of rotatable bonds is 5. The highest BCUT2D eigenvalue weighted by Gasteiger charge is 2.48. The molecule has 1 aliphatic rings. The highest BCUT2D eigenvalue weighted by molar-refractivity contribution is 5.84. The summed E-state index contributed by atoms with van der Waals surface area (Å²) in [6.45, 7) is 4.72. The number of esters is 2. The molecule has 0 spiro atoms. The Hall–Kier alpha value is -1.88.